The van der Waals surface area contributed by atoms with Crippen LogP contribution >= 0.6 is 0 Å². The molecule has 2 amide bonds. The highest BCUT2D eigenvalue weighted by atomic mass is 16.2. The topological polar surface area (TPSA) is 53.0 Å². The summed E-state index contributed by atoms with van der Waals surface area (Å²) >= 11 is 0. The average Bonchev–Trinajstić information content (AvgIpc) is 3.20. The Morgan fingerprint density at radius 3 is 2.67 bits per heavy atom. The van der Waals surface area contributed by atoms with Gasteiger partial charge in [0.2, 0.25) is 5.91 Å². The lowest BCUT2D eigenvalue weighted by molar-refractivity contribution is -0.118. The quantitative estimate of drug-likeness (QED) is 0.557. The zero-order chi connectivity index (χ0) is 21.3. The van der Waals surface area contributed by atoms with E-state index in [-0.39, 0.29) is 11.8 Å². The van der Waals surface area contributed by atoms with Crippen LogP contribution in [0.25, 0.3) is 0 Å². The number of nitrogens with zero attached hydrogens (tertiary/aromatic N) is 3. The van der Waals surface area contributed by atoms with Gasteiger partial charge in [-0.15, -0.1) is 0 Å². The molecule has 30 heavy (non-hydrogen) atoms. The molecule has 0 aliphatic carbocycles. The van der Waals surface area contributed by atoms with Crippen LogP contribution in [0.2, 0.25) is 0 Å². The van der Waals surface area contributed by atoms with Gasteiger partial charge in [-0.2, -0.15) is 0 Å². The van der Waals surface area contributed by atoms with Crippen molar-refractivity contribution in [1.82, 2.24) is 4.90 Å². The summed E-state index contributed by atoms with van der Waals surface area (Å²) in [5.74, 6) is -1.04. The van der Waals surface area contributed by atoms with E-state index in [0.717, 1.165) is 36.2 Å². The van der Waals surface area contributed by atoms with Crippen molar-refractivity contribution in [2.45, 2.75) is 45.6 Å². The highest BCUT2D eigenvalue weighted by Crippen LogP contribution is 2.32. The van der Waals surface area contributed by atoms with Gasteiger partial charge in [-0.25, -0.2) is 4.90 Å². The van der Waals surface area contributed by atoms with Crippen LogP contribution in [0.1, 0.15) is 52.7 Å². The summed E-state index contributed by atoms with van der Waals surface area (Å²) < 4.78 is 0. The first-order valence-electron chi connectivity index (χ1n) is 10.8. The molecular formula is C25H29N3O2. The number of carbonyl (C=O) groups is 2. The molecule has 156 valence electrons. The molecule has 2 aromatic rings. The zero-order valence-corrected chi connectivity index (χ0v) is 18.0. The molecule has 5 nitrogen and oxygen atoms in total. The normalized spacial score (nSPS) is 22.2. The molecule has 0 saturated carbocycles. The Morgan fingerprint density at radius 2 is 1.90 bits per heavy atom. The number of likely N-dealkylation sites (N-methyl/N-ethyl adjacent to an activating group) is 1. The second-order valence-electron chi connectivity index (χ2n) is 8.25. The molecule has 5 heteroatoms. The third kappa shape index (κ3) is 3.70. The van der Waals surface area contributed by atoms with Crippen molar-refractivity contribution in [2.24, 2.45) is 4.99 Å². The van der Waals surface area contributed by atoms with Gasteiger partial charge in [-0.1, -0.05) is 31.2 Å². The van der Waals surface area contributed by atoms with Crippen LogP contribution in [0.3, 0.4) is 0 Å². The first-order chi connectivity index (χ1) is 14.5. The first kappa shape index (κ1) is 20.5. The number of amides is 2. The van der Waals surface area contributed by atoms with Gasteiger partial charge in [0.25, 0.3) is 5.91 Å². The van der Waals surface area contributed by atoms with E-state index in [1.807, 2.05) is 50.2 Å². The minimum absolute atomic E-state index is 0.232. The molecule has 0 N–H and O–H groups in total. The lowest BCUT2D eigenvalue weighted by atomic mass is 9.88. The number of benzene rings is 2. The molecule has 2 atom stereocenters. The Hall–Kier alpha value is -2.79. The molecule has 2 aliphatic heterocycles. The van der Waals surface area contributed by atoms with Gasteiger partial charge in [0, 0.05) is 17.8 Å². The number of aliphatic imine (C=N–C) groups is 1. The monoisotopic (exact) mass is 403 g/mol. The minimum Gasteiger partial charge on any atom is -0.299 e. The molecule has 1 fully saturated rings. The van der Waals surface area contributed by atoms with Gasteiger partial charge in [0.05, 0.1) is 18.2 Å². The number of hydrogen-bond donors (Lipinski definition) is 0. The fourth-order valence-electron chi connectivity index (χ4n) is 4.52. The van der Waals surface area contributed by atoms with E-state index in [4.69, 9.17) is 0 Å². The maximum atomic E-state index is 13.4. The van der Waals surface area contributed by atoms with Crippen LogP contribution in [0.5, 0.6) is 0 Å². The smallest absolute Gasteiger partial charge is 0.265 e. The summed E-state index contributed by atoms with van der Waals surface area (Å²) in [5.41, 5.74) is 4.12. The fraction of sp³-hybridized carbons (Fsp3) is 0.400. The molecule has 0 spiro atoms. The van der Waals surface area contributed by atoms with E-state index in [9.17, 15) is 9.59 Å². The van der Waals surface area contributed by atoms with Crippen molar-refractivity contribution in [3.8, 4) is 0 Å². The van der Waals surface area contributed by atoms with Crippen molar-refractivity contribution in [1.29, 1.82) is 0 Å². The van der Waals surface area contributed by atoms with Gasteiger partial charge in [0.15, 0.2) is 0 Å². The van der Waals surface area contributed by atoms with Crippen molar-refractivity contribution in [3.05, 3.63) is 64.7 Å². The predicted molar refractivity (Wildman–Crippen MR) is 121 cm³/mol. The number of rotatable bonds is 5. The van der Waals surface area contributed by atoms with Crippen LogP contribution in [-0.2, 0) is 4.79 Å². The Balaban J connectivity index is 1.66. The third-order valence-corrected chi connectivity index (χ3v) is 6.44. The molecule has 0 aromatic heterocycles. The highest BCUT2D eigenvalue weighted by molar-refractivity contribution is 6.29. The van der Waals surface area contributed by atoms with Gasteiger partial charge in [0.1, 0.15) is 0 Å². The summed E-state index contributed by atoms with van der Waals surface area (Å²) in [6.07, 6.45) is 4.11. The second kappa shape index (κ2) is 8.52. The van der Waals surface area contributed by atoms with E-state index >= 15 is 0 Å². The molecule has 1 saturated heterocycles. The number of aryl methyl sites for hydroxylation is 2. The van der Waals surface area contributed by atoms with E-state index in [1.54, 1.807) is 12.3 Å². The number of anilines is 1. The Labute approximate surface area is 178 Å². The summed E-state index contributed by atoms with van der Waals surface area (Å²) in [5, 5.41) is 0. The molecule has 2 aromatic carbocycles. The van der Waals surface area contributed by atoms with Gasteiger partial charge >= 0.3 is 0 Å². The van der Waals surface area contributed by atoms with E-state index < -0.39 is 5.92 Å². The fourth-order valence-corrected chi connectivity index (χ4v) is 4.52. The molecule has 2 heterocycles. The summed E-state index contributed by atoms with van der Waals surface area (Å²) in [6, 6.07) is 13.5. The van der Waals surface area contributed by atoms with Gasteiger partial charge in [-0.3, -0.25) is 19.5 Å². The van der Waals surface area contributed by atoms with E-state index in [2.05, 4.69) is 16.8 Å². The molecule has 0 bridgehead atoms. The molecule has 1 unspecified atom stereocenters. The van der Waals surface area contributed by atoms with Crippen LogP contribution in [-0.4, -0.2) is 48.6 Å². The van der Waals surface area contributed by atoms with Crippen molar-refractivity contribution < 1.29 is 9.59 Å². The van der Waals surface area contributed by atoms with Crippen LogP contribution < -0.4 is 4.90 Å². The van der Waals surface area contributed by atoms with Gasteiger partial charge < -0.3 is 0 Å². The summed E-state index contributed by atoms with van der Waals surface area (Å²) in [7, 11) is 0. The Kier molecular flexibility index (Phi) is 5.82. The SMILES string of the molecule is CCN1CCC[C@H]1CN=CC1C(=O)N(c2ccc(C)c(C)c2)C(=O)c2ccccc21. The van der Waals surface area contributed by atoms with Crippen LogP contribution in [0.15, 0.2) is 47.5 Å². The second-order valence-corrected chi connectivity index (χ2v) is 8.25. The zero-order valence-electron chi connectivity index (χ0n) is 18.0. The molecule has 4 rings (SSSR count). The highest BCUT2D eigenvalue weighted by Gasteiger charge is 2.38. The van der Waals surface area contributed by atoms with Crippen molar-refractivity contribution in [3.63, 3.8) is 0 Å². The van der Waals surface area contributed by atoms with Crippen LogP contribution in [0.4, 0.5) is 5.69 Å². The standard InChI is InChI=1S/C25H29N3O2/c1-4-27-13-7-8-20(27)15-26-16-23-21-9-5-6-10-22(21)24(29)28(25(23)30)19-12-11-17(2)18(3)14-19/h5-6,9-12,14,16,20,23H,4,7-8,13,15H2,1-3H3/t20-,23?/m0/s1. The van der Waals surface area contributed by atoms with Crippen molar-refractivity contribution >= 4 is 23.7 Å². The molecule has 2 aliphatic rings. The lowest BCUT2D eigenvalue weighted by Crippen LogP contribution is -2.45. The number of hydrogen-bond acceptors (Lipinski definition) is 4. The maximum Gasteiger partial charge on any atom is 0.265 e. The van der Waals surface area contributed by atoms with Gasteiger partial charge in [-0.05, 0) is 74.7 Å². The van der Waals surface area contributed by atoms with E-state index in [1.165, 1.54) is 11.3 Å². The molecular weight excluding hydrogens is 374 g/mol. The number of fused-ring (bicyclic) bond motifs is 1. The van der Waals surface area contributed by atoms with E-state index in [0.29, 0.717) is 23.8 Å². The number of likely N-dealkylation sites (tertiary alicyclic amines) is 1. The maximum absolute atomic E-state index is 13.4. The van der Waals surface area contributed by atoms with Crippen molar-refractivity contribution in [2.75, 3.05) is 24.5 Å². The minimum atomic E-state index is -0.544. The third-order valence-electron chi connectivity index (χ3n) is 6.44. The lowest BCUT2D eigenvalue weighted by Gasteiger charge is -2.31. The van der Waals surface area contributed by atoms with Crippen LogP contribution in [0, 0.1) is 13.8 Å². The molecule has 0 radical (unpaired) electrons. The number of imide groups is 1. The predicted octanol–water partition coefficient (Wildman–Crippen LogP) is 4.13. The number of carbonyl (C=O) groups excluding carboxylic acids is 2. The summed E-state index contributed by atoms with van der Waals surface area (Å²) in [4.78, 5) is 35.1. The largest absolute Gasteiger partial charge is 0.299 e. The summed E-state index contributed by atoms with van der Waals surface area (Å²) in [6.45, 7) is 9.03. The Morgan fingerprint density at radius 1 is 1.10 bits per heavy atom. The Bertz CT molecular complexity index is 998. The first-order valence-corrected chi connectivity index (χ1v) is 10.8. The average molecular weight is 404 g/mol.